The third-order valence-corrected chi connectivity index (χ3v) is 9.23. The van der Waals surface area contributed by atoms with Gasteiger partial charge in [-0.2, -0.15) is 0 Å². The molecular weight excluding hydrogens is 292 g/mol. The first-order chi connectivity index (χ1) is 11.0. The Balaban J connectivity index is 0.00000169. The van der Waals surface area contributed by atoms with Crippen molar-refractivity contribution in [3.05, 3.63) is 12.7 Å². The predicted octanol–water partition coefficient (Wildman–Crippen LogP) is 6.40. The highest BCUT2D eigenvalue weighted by molar-refractivity contribution is 5.82. The number of nitrogens with one attached hydrogen (secondary N) is 1. The van der Waals surface area contributed by atoms with Crippen LogP contribution >= 0.6 is 0 Å². The van der Waals surface area contributed by atoms with Gasteiger partial charge < -0.3 is 11.6 Å². The van der Waals surface area contributed by atoms with Crippen molar-refractivity contribution in [2.45, 2.75) is 78.6 Å². The average molecular weight is 331 g/mol. The van der Waals surface area contributed by atoms with E-state index in [1.54, 1.807) is 0 Å². The highest BCUT2D eigenvalue weighted by Gasteiger charge is 2.85. The Bertz CT molecular complexity index is 540. The van der Waals surface area contributed by atoms with E-state index in [1.165, 1.54) is 57.8 Å². The number of hydrogen-bond acceptors (Lipinski definition) is 2. The lowest BCUT2D eigenvalue weighted by Crippen LogP contribution is -2.40. The van der Waals surface area contributed by atoms with Crippen LogP contribution in [0.1, 0.15) is 78.6 Å². The van der Waals surface area contributed by atoms with E-state index in [0.29, 0.717) is 22.2 Å². The monoisotopic (exact) mass is 330 g/mol. The molecule has 0 aromatic carbocycles. The Morgan fingerprint density at radius 1 is 1.17 bits per heavy atom. The van der Waals surface area contributed by atoms with Crippen LogP contribution < -0.4 is 6.15 Å². The van der Waals surface area contributed by atoms with E-state index in [2.05, 4.69) is 33.4 Å². The Hall–Kier alpha value is -0.630. The number of allylic oxidation sites excluding steroid dienone is 1. The fourth-order valence-corrected chi connectivity index (χ4v) is 8.89. The molecule has 0 aromatic heterocycles. The minimum atomic E-state index is 0. The quantitative estimate of drug-likeness (QED) is 0.444. The van der Waals surface area contributed by atoms with Gasteiger partial charge in [0.25, 0.3) is 0 Å². The highest BCUT2D eigenvalue weighted by atomic mass is 14.9. The summed E-state index contributed by atoms with van der Waals surface area (Å²) in [6, 6.07) is 0. The Labute approximate surface area is 149 Å². The molecule has 0 aromatic rings. The minimum absolute atomic E-state index is 0. The third-order valence-electron chi connectivity index (χ3n) is 9.23. The molecule has 7 unspecified atom stereocenters. The van der Waals surface area contributed by atoms with Gasteiger partial charge in [-0.05, 0) is 92.3 Å². The van der Waals surface area contributed by atoms with Crippen LogP contribution in [0.3, 0.4) is 0 Å². The van der Waals surface area contributed by atoms with Crippen molar-refractivity contribution in [2.24, 2.45) is 39.9 Å². The van der Waals surface area contributed by atoms with Crippen molar-refractivity contribution in [3.63, 3.8) is 0 Å². The van der Waals surface area contributed by atoms with Crippen LogP contribution in [0.2, 0.25) is 0 Å². The molecule has 0 aliphatic heterocycles. The number of hydrogen-bond donors (Lipinski definition) is 2. The summed E-state index contributed by atoms with van der Waals surface area (Å²) in [6.07, 6.45) is 14.7. The van der Waals surface area contributed by atoms with Crippen molar-refractivity contribution in [1.82, 2.24) is 6.15 Å². The molecule has 136 valence electrons. The van der Waals surface area contributed by atoms with Gasteiger partial charge in [-0.3, -0.25) is 0 Å². The topological polar surface area (TPSA) is 58.9 Å². The fraction of sp³-hybridized carbons (Fsp3) is 0.864. The van der Waals surface area contributed by atoms with Gasteiger partial charge in [0.1, 0.15) is 0 Å². The summed E-state index contributed by atoms with van der Waals surface area (Å²) < 4.78 is 0. The Morgan fingerprint density at radius 2 is 1.92 bits per heavy atom. The summed E-state index contributed by atoms with van der Waals surface area (Å²) >= 11 is 0. The van der Waals surface area contributed by atoms with Crippen LogP contribution in [0.5, 0.6) is 0 Å². The molecule has 4 N–H and O–H groups in total. The first kappa shape index (κ1) is 18.2. The van der Waals surface area contributed by atoms with Gasteiger partial charge in [-0.15, -0.1) is 6.58 Å². The Kier molecular flexibility index (Phi) is 4.31. The first-order valence-electron chi connectivity index (χ1n) is 10.1. The van der Waals surface area contributed by atoms with Crippen LogP contribution in [-0.4, -0.2) is 5.71 Å². The second kappa shape index (κ2) is 5.69. The van der Waals surface area contributed by atoms with E-state index < -0.39 is 0 Å². The fourth-order valence-electron chi connectivity index (χ4n) is 8.89. The van der Waals surface area contributed by atoms with Crippen LogP contribution in [0.4, 0.5) is 0 Å². The second-order valence-corrected chi connectivity index (χ2v) is 9.55. The van der Waals surface area contributed by atoms with Gasteiger partial charge in [-0.1, -0.05) is 26.3 Å². The zero-order valence-electron chi connectivity index (χ0n) is 16.2. The maximum atomic E-state index is 8.33. The zero-order valence-corrected chi connectivity index (χ0v) is 16.2. The average Bonchev–Trinajstić information content (AvgIpc) is 2.76. The van der Waals surface area contributed by atoms with Crippen LogP contribution in [0.15, 0.2) is 12.7 Å². The molecule has 2 heteroatoms. The molecule has 4 aliphatic rings. The van der Waals surface area contributed by atoms with Crippen molar-refractivity contribution >= 4 is 5.71 Å². The lowest BCUT2D eigenvalue weighted by molar-refractivity contribution is 0.0519. The second-order valence-electron chi connectivity index (χ2n) is 9.55. The van der Waals surface area contributed by atoms with Crippen molar-refractivity contribution < 1.29 is 0 Å². The molecule has 4 fully saturated rings. The van der Waals surface area contributed by atoms with E-state index in [-0.39, 0.29) is 6.15 Å². The first-order valence-corrected chi connectivity index (χ1v) is 10.1. The molecule has 0 bridgehead atoms. The summed E-state index contributed by atoms with van der Waals surface area (Å²) in [5.74, 6) is 3.39. The van der Waals surface area contributed by atoms with E-state index in [0.717, 1.165) is 23.5 Å². The van der Waals surface area contributed by atoms with Crippen LogP contribution in [0, 0.1) is 45.3 Å². The van der Waals surface area contributed by atoms with E-state index in [9.17, 15) is 0 Å². The summed E-state index contributed by atoms with van der Waals surface area (Å²) in [7, 11) is 0. The normalized spacial score (nSPS) is 51.1. The molecule has 0 saturated heterocycles. The lowest BCUT2D eigenvalue weighted by atomic mass is 9.59. The summed E-state index contributed by atoms with van der Waals surface area (Å²) in [5, 5.41) is 8.33. The maximum Gasteiger partial charge on any atom is 0.00946 e. The SMILES string of the molecule is C=CCC1CCC23C4CCC(C(C)=N)C4(C)CCC2C13CCC.N. The number of fused-ring (bicyclic) bond motifs is 2. The molecule has 24 heavy (non-hydrogen) atoms. The number of rotatable bonds is 5. The maximum absolute atomic E-state index is 8.33. The van der Waals surface area contributed by atoms with Gasteiger partial charge in [0.15, 0.2) is 0 Å². The molecule has 4 rings (SSSR count). The predicted molar refractivity (Wildman–Crippen MR) is 103 cm³/mol. The molecule has 4 aliphatic carbocycles. The molecular formula is C22H38N2. The molecule has 0 radical (unpaired) electrons. The molecule has 2 nitrogen and oxygen atoms in total. The van der Waals surface area contributed by atoms with Crippen LogP contribution in [0.25, 0.3) is 0 Å². The third kappa shape index (κ3) is 1.79. The van der Waals surface area contributed by atoms with Gasteiger partial charge in [0.2, 0.25) is 0 Å². The lowest BCUT2D eigenvalue weighted by Gasteiger charge is -2.45. The van der Waals surface area contributed by atoms with Gasteiger partial charge in [0, 0.05) is 11.6 Å². The van der Waals surface area contributed by atoms with E-state index in [4.69, 9.17) is 5.41 Å². The van der Waals surface area contributed by atoms with Crippen molar-refractivity contribution in [2.75, 3.05) is 0 Å². The highest BCUT2D eigenvalue weighted by Crippen LogP contribution is 2.90. The summed E-state index contributed by atoms with van der Waals surface area (Å²) in [6.45, 7) is 11.1. The summed E-state index contributed by atoms with van der Waals surface area (Å²) in [4.78, 5) is 0. The molecule has 4 saturated carbocycles. The Morgan fingerprint density at radius 3 is 2.54 bits per heavy atom. The molecule has 1 spiro atoms. The van der Waals surface area contributed by atoms with E-state index >= 15 is 0 Å². The van der Waals surface area contributed by atoms with Gasteiger partial charge in [-0.25, -0.2) is 0 Å². The minimum Gasteiger partial charge on any atom is -0.344 e. The summed E-state index contributed by atoms with van der Waals surface area (Å²) in [5.41, 5.74) is 2.71. The molecule has 0 heterocycles. The van der Waals surface area contributed by atoms with Gasteiger partial charge in [0.05, 0.1) is 0 Å². The molecule has 7 atom stereocenters. The van der Waals surface area contributed by atoms with Crippen molar-refractivity contribution in [1.29, 1.82) is 5.41 Å². The van der Waals surface area contributed by atoms with Crippen LogP contribution in [-0.2, 0) is 0 Å². The standard InChI is InChI=1S/C22H35N.H3N/c1-5-7-16-10-14-22-18-9-8-17(15(3)23)20(18,4)13-11-19(22)21(16,22)12-6-2;/h5,16-19,23H,1,6-14H2,2-4H3;1H3. The smallest absolute Gasteiger partial charge is 0.00946 e. The van der Waals surface area contributed by atoms with E-state index in [1.807, 2.05) is 0 Å². The van der Waals surface area contributed by atoms with Gasteiger partial charge >= 0.3 is 0 Å². The van der Waals surface area contributed by atoms with Crippen molar-refractivity contribution in [3.8, 4) is 0 Å². The largest absolute Gasteiger partial charge is 0.344 e. The molecule has 0 amide bonds. The zero-order chi connectivity index (χ0) is 16.5.